The molecule has 0 spiro atoms. The van der Waals surface area contributed by atoms with Crippen LogP contribution in [0, 0.1) is 6.92 Å². The van der Waals surface area contributed by atoms with Crippen molar-refractivity contribution in [3.05, 3.63) is 28.8 Å². The first-order valence-electron chi connectivity index (χ1n) is 3.41. The zero-order valence-electron chi connectivity index (χ0n) is 6.65. The highest BCUT2D eigenvalue weighted by Gasteiger charge is 2.30. The van der Waals surface area contributed by atoms with Gasteiger partial charge in [0, 0.05) is 9.92 Å². The van der Waals surface area contributed by atoms with E-state index in [1.807, 2.05) is 0 Å². The molecular weight excluding hydrogens is 221 g/mol. The average Bonchev–Trinajstić information content (AvgIpc) is 1.96. The fourth-order valence-corrected chi connectivity index (χ4v) is 1.71. The molecule has 0 bridgehead atoms. The van der Waals surface area contributed by atoms with E-state index in [1.165, 1.54) is 12.1 Å². The average molecular weight is 227 g/mol. The maximum Gasteiger partial charge on any atom is 0.446 e. The molecule has 5 heteroatoms. The maximum atomic E-state index is 12.0. The Hall–Kier alpha value is -0.350. The van der Waals surface area contributed by atoms with Crippen LogP contribution in [0.1, 0.15) is 5.56 Å². The zero-order chi connectivity index (χ0) is 10.1. The van der Waals surface area contributed by atoms with Gasteiger partial charge < -0.3 is 0 Å². The molecule has 1 aromatic carbocycles. The molecule has 0 amide bonds. The van der Waals surface area contributed by atoms with Crippen LogP contribution in [0.3, 0.4) is 0 Å². The number of benzene rings is 1. The molecule has 0 heterocycles. The number of alkyl halides is 3. The van der Waals surface area contributed by atoms with E-state index in [9.17, 15) is 13.2 Å². The standard InChI is InChI=1S/C8H6ClF3S/c1-5-6(9)3-2-4-7(5)13-8(10,11)12/h2-4H,1H3. The van der Waals surface area contributed by atoms with E-state index < -0.39 is 5.51 Å². The minimum Gasteiger partial charge on any atom is -0.160 e. The Morgan fingerprint density at radius 2 is 1.92 bits per heavy atom. The van der Waals surface area contributed by atoms with Crippen LogP contribution >= 0.6 is 23.4 Å². The van der Waals surface area contributed by atoms with Crippen LogP contribution in [0.4, 0.5) is 13.2 Å². The second kappa shape index (κ2) is 3.80. The summed E-state index contributed by atoms with van der Waals surface area (Å²) in [6.07, 6.45) is 0. The lowest BCUT2D eigenvalue weighted by molar-refractivity contribution is -0.0328. The molecule has 1 rings (SSSR count). The zero-order valence-corrected chi connectivity index (χ0v) is 8.22. The summed E-state index contributed by atoms with van der Waals surface area (Å²) in [5.74, 6) is 0. The maximum absolute atomic E-state index is 12.0. The van der Waals surface area contributed by atoms with Crippen molar-refractivity contribution in [2.75, 3.05) is 0 Å². The second-order valence-corrected chi connectivity index (χ2v) is 3.92. The molecule has 0 aromatic heterocycles. The van der Waals surface area contributed by atoms with Crippen molar-refractivity contribution < 1.29 is 13.2 Å². The van der Waals surface area contributed by atoms with Crippen molar-refractivity contribution in [1.29, 1.82) is 0 Å². The van der Waals surface area contributed by atoms with Gasteiger partial charge in [0.25, 0.3) is 0 Å². The molecule has 0 aliphatic carbocycles. The SMILES string of the molecule is Cc1c(Cl)cccc1SC(F)(F)F. The summed E-state index contributed by atoms with van der Waals surface area (Å²) in [6.45, 7) is 1.57. The molecule has 0 N–H and O–H groups in total. The van der Waals surface area contributed by atoms with Gasteiger partial charge in [-0.25, -0.2) is 0 Å². The predicted molar refractivity (Wildman–Crippen MR) is 48.1 cm³/mol. The molecule has 0 aliphatic rings. The van der Waals surface area contributed by atoms with E-state index in [2.05, 4.69) is 0 Å². The molecule has 1 aromatic rings. The highest BCUT2D eigenvalue weighted by atomic mass is 35.5. The largest absolute Gasteiger partial charge is 0.446 e. The van der Waals surface area contributed by atoms with E-state index in [0.717, 1.165) is 0 Å². The Balaban J connectivity index is 2.96. The van der Waals surface area contributed by atoms with Crippen LogP contribution in [0.25, 0.3) is 0 Å². The summed E-state index contributed by atoms with van der Waals surface area (Å²) < 4.78 is 35.9. The van der Waals surface area contributed by atoms with Gasteiger partial charge in [-0.05, 0) is 36.4 Å². The minimum atomic E-state index is -4.25. The van der Waals surface area contributed by atoms with Crippen molar-refractivity contribution in [3.63, 3.8) is 0 Å². The predicted octanol–water partition coefficient (Wildman–Crippen LogP) is 4.26. The van der Waals surface area contributed by atoms with Gasteiger partial charge in [-0.1, -0.05) is 17.7 Å². The van der Waals surface area contributed by atoms with Crippen LogP contribution in [-0.4, -0.2) is 5.51 Å². The number of hydrogen-bond acceptors (Lipinski definition) is 1. The Labute approximate surface area is 83.1 Å². The summed E-state index contributed by atoms with van der Waals surface area (Å²) in [5.41, 5.74) is -3.79. The second-order valence-electron chi connectivity index (χ2n) is 2.41. The minimum absolute atomic E-state index is 0.143. The fraction of sp³-hybridized carbons (Fsp3) is 0.250. The van der Waals surface area contributed by atoms with Gasteiger partial charge in [-0.15, -0.1) is 0 Å². The van der Waals surface area contributed by atoms with Gasteiger partial charge in [0.05, 0.1) is 0 Å². The van der Waals surface area contributed by atoms with Crippen LogP contribution in [0.2, 0.25) is 5.02 Å². The van der Waals surface area contributed by atoms with Gasteiger partial charge in [-0.2, -0.15) is 13.2 Å². The molecule has 0 saturated heterocycles. The van der Waals surface area contributed by atoms with Crippen molar-refractivity contribution in [3.8, 4) is 0 Å². The van der Waals surface area contributed by atoms with E-state index in [4.69, 9.17) is 11.6 Å². The molecule has 0 aliphatic heterocycles. The lowest BCUT2D eigenvalue weighted by Crippen LogP contribution is -1.99. The molecule has 13 heavy (non-hydrogen) atoms. The number of hydrogen-bond donors (Lipinski definition) is 0. The molecule has 0 fully saturated rings. The fourth-order valence-electron chi connectivity index (χ4n) is 0.823. The molecule has 0 nitrogen and oxygen atoms in total. The lowest BCUT2D eigenvalue weighted by atomic mass is 10.2. The van der Waals surface area contributed by atoms with Crippen LogP contribution in [0.5, 0.6) is 0 Å². The first-order chi connectivity index (χ1) is 5.90. The molecule has 0 saturated carbocycles. The first kappa shape index (κ1) is 10.7. The van der Waals surface area contributed by atoms with Gasteiger partial charge in [0.2, 0.25) is 0 Å². The molecule has 0 radical (unpaired) electrons. The summed E-state index contributed by atoms with van der Waals surface area (Å²) in [4.78, 5) is 0.153. The Morgan fingerprint density at radius 1 is 1.31 bits per heavy atom. The number of rotatable bonds is 1. The van der Waals surface area contributed by atoms with Crippen LogP contribution in [0.15, 0.2) is 23.1 Å². The van der Waals surface area contributed by atoms with Gasteiger partial charge in [-0.3, -0.25) is 0 Å². The normalized spacial score (nSPS) is 11.8. The highest BCUT2D eigenvalue weighted by molar-refractivity contribution is 8.00. The third-order valence-corrected chi connectivity index (χ3v) is 2.75. The summed E-state index contributed by atoms with van der Waals surface area (Å²) in [5, 5.41) is 0.356. The van der Waals surface area contributed by atoms with E-state index in [-0.39, 0.29) is 16.7 Å². The van der Waals surface area contributed by atoms with Gasteiger partial charge >= 0.3 is 5.51 Å². The van der Waals surface area contributed by atoms with E-state index in [0.29, 0.717) is 10.6 Å². The summed E-state index contributed by atoms with van der Waals surface area (Å²) in [7, 11) is 0. The molecule has 0 unspecified atom stereocenters. The molecule has 72 valence electrons. The summed E-state index contributed by atoms with van der Waals surface area (Å²) >= 11 is 5.52. The summed E-state index contributed by atoms with van der Waals surface area (Å²) in [6, 6.07) is 4.47. The Morgan fingerprint density at radius 3 is 2.46 bits per heavy atom. The van der Waals surface area contributed by atoms with Crippen molar-refractivity contribution in [2.45, 2.75) is 17.3 Å². The molecular formula is C8H6ClF3S. The lowest BCUT2D eigenvalue weighted by Gasteiger charge is -2.08. The Bertz CT molecular complexity index is 309. The third-order valence-electron chi connectivity index (χ3n) is 1.44. The smallest absolute Gasteiger partial charge is 0.160 e. The highest BCUT2D eigenvalue weighted by Crippen LogP contribution is 2.39. The van der Waals surface area contributed by atoms with Crippen LogP contribution in [-0.2, 0) is 0 Å². The third kappa shape index (κ3) is 3.12. The van der Waals surface area contributed by atoms with E-state index in [1.54, 1.807) is 13.0 Å². The monoisotopic (exact) mass is 226 g/mol. The number of halogens is 4. The van der Waals surface area contributed by atoms with Crippen LogP contribution < -0.4 is 0 Å². The van der Waals surface area contributed by atoms with Crippen molar-refractivity contribution in [1.82, 2.24) is 0 Å². The van der Waals surface area contributed by atoms with Gasteiger partial charge in [0.15, 0.2) is 0 Å². The van der Waals surface area contributed by atoms with Crippen molar-refractivity contribution >= 4 is 23.4 Å². The first-order valence-corrected chi connectivity index (χ1v) is 4.60. The van der Waals surface area contributed by atoms with Gasteiger partial charge in [0.1, 0.15) is 0 Å². The van der Waals surface area contributed by atoms with E-state index >= 15 is 0 Å². The van der Waals surface area contributed by atoms with Crippen molar-refractivity contribution in [2.24, 2.45) is 0 Å². The molecule has 0 atom stereocenters. The topological polar surface area (TPSA) is 0 Å². The Kier molecular flexibility index (Phi) is 3.14. The number of thioether (sulfide) groups is 1. The quantitative estimate of drug-likeness (QED) is 0.645.